The first-order chi connectivity index (χ1) is 11.7. The second-order valence-corrected chi connectivity index (χ2v) is 5.16. The van der Waals surface area contributed by atoms with E-state index in [1.54, 1.807) is 0 Å². The number of hydrogen-bond donors (Lipinski definition) is 3. The van der Waals surface area contributed by atoms with Crippen LogP contribution in [0, 0.1) is 11.3 Å². The molecule has 24 heavy (non-hydrogen) atoms. The maximum atomic E-state index is 9.61. The van der Waals surface area contributed by atoms with Crippen molar-refractivity contribution in [3.63, 3.8) is 0 Å². The Hall–Kier alpha value is -3.43. The first-order valence-corrected chi connectivity index (χ1v) is 7.27. The molecule has 2 aromatic carbocycles. The number of aromatic nitrogens is 2. The highest BCUT2D eigenvalue weighted by Gasteiger charge is 2.17. The fraction of sp³-hybridized carbons (Fsp3) is 0.0556. The monoisotopic (exact) mass is 317 g/mol. The third-order valence-electron chi connectivity index (χ3n) is 3.73. The number of benzene rings is 2. The first kappa shape index (κ1) is 15.5. The molecule has 118 valence electrons. The minimum absolute atomic E-state index is 0.00625. The summed E-state index contributed by atoms with van der Waals surface area (Å²) >= 11 is 0. The number of aliphatic hydroxyl groups excluding tert-OH is 1. The molecule has 0 spiro atoms. The molecule has 6 heteroatoms. The van der Waals surface area contributed by atoms with Gasteiger partial charge in [0.05, 0.1) is 12.3 Å². The average molecular weight is 317 g/mol. The van der Waals surface area contributed by atoms with Gasteiger partial charge < -0.3 is 16.6 Å². The van der Waals surface area contributed by atoms with Crippen molar-refractivity contribution in [3.8, 4) is 28.5 Å². The minimum Gasteiger partial charge on any atom is -0.392 e. The normalized spacial score (nSPS) is 10.3. The summed E-state index contributed by atoms with van der Waals surface area (Å²) in [5, 5.41) is 19.0. The van der Waals surface area contributed by atoms with Crippen molar-refractivity contribution >= 4 is 11.8 Å². The number of aliphatic hydroxyl groups is 1. The molecule has 0 unspecified atom stereocenters. The van der Waals surface area contributed by atoms with Crippen LogP contribution in [0.3, 0.4) is 0 Å². The van der Waals surface area contributed by atoms with E-state index in [2.05, 4.69) is 9.97 Å². The van der Waals surface area contributed by atoms with Crippen molar-refractivity contribution in [1.82, 2.24) is 9.97 Å². The maximum Gasteiger partial charge on any atom is 0.222 e. The molecular weight excluding hydrogens is 302 g/mol. The van der Waals surface area contributed by atoms with Crippen LogP contribution in [0.2, 0.25) is 0 Å². The number of nitrogens with zero attached hydrogens (tertiary/aromatic N) is 3. The second-order valence-electron chi connectivity index (χ2n) is 5.16. The number of rotatable bonds is 3. The second kappa shape index (κ2) is 6.36. The number of nitriles is 1. The van der Waals surface area contributed by atoms with Crippen LogP contribution in [0.15, 0.2) is 48.5 Å². The summed E-state index contributed by atoms with van der Waals surface area (Å²) in [6.07, 6.45) is 0. The summed E-state index contributed by atoms with van der Waals surface area (Å²) in [6.45, 7) is -0.0936. The molecule has 0 amide bonds. The van der Waals surface area contributed by atoms with Gasteiger partial charge in [-0.3, -0.25) is 0 Å². The maximum absolute atomic E-state index is 9.61. The van der Waals surface area contributed by atoms with E-state index in [4.69, 9.17) is 11.5 Å². The highest BCUT2D eigenvalue weighted by Crippen LogP contribution is 2.35. The van der Waals surface area contributed by atoms with Crippen LogP contribution in [0.25, 0.3) is 22.4 Å². The number of hydrogen-bond acceptors (Lipinski definition) is 6. The van der Waals surface area contributed by atoms with Crippen LogP contribution < -0.4 is 11.5 Å². The summed E-state index contributed by atoms with van der Waals surface area (Å²) in [4.78, 5) is 8.07. The van der Waals surface area contributed by atoms with Crippen molar-refractivity contribution in [2.75, 3.05) is 11.5 Å². The van der Waals surface area contributed by atoms with Gasteiger partial charge in [0.25, 0.3) is 0 Å². The van der Waals surface area contributed by atoms with Crippen LogP contribution in [-0.4, -0.2) is 15.1 Å². The average Bonchev–Trinajstić information content (AvgIpc) is 2.61. The van der Waals surface area contributed by atoms with Crippen molar-refractivity contribution < 1.29 is 5.11 Å². The smallest absolute Gasteiger partial charge is 0.222 e. The van der Waals surface area contributed by atoms with Gasteiger partial charge in [0.1, 0.15) is 17.5 Å². The predicted octanol–water partition coefficient (Wildman–Crippen LogP) is 2.34. The summed E-state index contributed by atoms with van der Waals surface area (Å²) in [5.74, 6) is 0.0528. The molecule has 0 atom stereocenters. The van der Waals surface area contributed by atoms with E-state index < -0.39 is 0 Å². The SMILES string of the molecule is N#Cc1c(N)nc(N)nc1-c1ccccc1-c1ccccc1CO. The Balaban J connectivity index is 2.32. The van der Waals surface area contributed by atoms with Gasteiger partial charge in [-0.15, -0.1) is 0 Å². The molecule has 0 fully saturated rings. The van der Waals surface area contributed by atoms with Gasteiger partial charge in [-0.05, 0) is 16.7 Å². The lowest BCUT2D eigenvalue weighted by Gasteiger charge is -2.14. The lowest BCUT2D eigenvalue weighted by molar-refractivity contribution is 0.282. The quantitative estimate of drug-likeness (QED) is 0.681. The molecule has 6 nitrogen and oxygen atoms in total. The van der Waals surface area contributed by atoms with Crippen LogP contribution >= 0.6 is 0 Å². The number of nitrogen functional groups attached to an aromatic ring is 2. The van der Waals surface area contributed by atoms with Crippen molar-refractivity contribution in [1.29, 1.82) is 5.26 Å². The summed E-state index contributed by atoms with van der Waals surface area (Å²) in [6, 6.07) is 17.0. The Labute approximate surface area is 139 Å². The highest BCUT2D eigenvalue weighted by molar-refractivity contribution is 5.87. The molecule has 0 aliphatic rings. The Bertz CT molecular complexity index is 946. The molecule has 0 radical (unpaired) electrons. The molecular formula is C18H15N5O. The van der Waals surface area contributed by atoms with E-state index in [1.807, 2.05) is 54.6 Å². The van der Waals surface area contributed by atoms with Crippen molar-refractivity contribution in [2.45, 2.75) is 6.61 Å². The van der Waals surface area contributed by atoms with E-state index in [0.717, 1.165) is 16.7 Å². The van der Waals surface area contributed by atoms with Crippen molar-refractivity contribution in [2.24, 2.45) is 0 Å². The fourth-order valence-electron chi connectivity index (χ4n) is 2.65. The standard InChI is InChI=1S/C18H15N5O/c19-9-15-16(22-18(21)23-17(15)20)14-8-4-3-7-13(14)12-6-2-1-5-11(12)10-24/h1-8,24H,10H2,(H4,20,21,22,23). The fourth-order valence-corrected chi connectivity index (χ4v) is 2.65. The van der Waals surface area contributed by atoms with Gasteiger partial charge in [-0.1, -0.05) is 48.5 Å². The van der Waals surface area contributed by atoms with Crippen LogP contribution in [0.4, 0.5) is 11.8 Å². The molecule has 1 aromatic heterocycles. The van der Waals surface area contributed by atoms with Crippen LogP contribution in [0.1, 0.15) is 11.1 Å². The third-order valence-corrected chi connectivity index (χ3v) is 3.73. The van der Waals surface area contributed by atoms with Gasteiger partial charge in [0, 0.05) is 5.56 Å². The predicted molar refractivity (Wildman–Crippen MR) is 92.4 cm³/mol. The molecule has 5 N–H and O–H groups in total. The first-order valence-electron chi connectivity index (χ1n) is 7.27. The lowest BCUT2D eigenvalue weighted by Crippen LogP contribution is -2.05. The lowest BCUT2D eigenvalue weighted by atomic mass is 9.93. The van der Waals surface area contributed by atoms with E-state index in [1.165, 1.54) is 0 Å². The van der Waals surface area contributed by atoms with Crippen LogP contribution in [0.5, 0.6) is 0 Å². The zero-order valence-electron chi connectivity index (χ0n) is 12.8. The number of nitrogens with two attached hydrogens (primary N) is 2. The van der Waals surface area contributed by atoms with E-state index in [0.29, 0.717) is 11.3 Å². The topological polar surface area (TPSA) is 122 Å². The Morgan fingerprint density at radius 3 is 2.21 bits per heavy atom. The zero-order chi connectivity index (χ0) is 17.1. The van der Waals surface area contributed by atoms with E-state index in [-0.39, 0.29) is 23.9 Å². The van der Waals surface area contributed by atoms with Gasteiger partial charge in [0.2, 0.25) is 5.95 Å². The van der Waals surface area contributed by atoms with Crippen molar-refractivity contribution in [3.05, 3.63) is 59.7 Å². The molecule has 3 rings (SSSR count). The minimum atomic E-state index is -0.0936. The van der Waals surface area contributed by atoms with Crippen LogP contribution in [-0.2, 0) is 6.61 Å². The molecule has 0 saturated heterocycles. The Kier molecular flexibility index (Phi) is 4.10. The van der Waals surface area contributed by atoms with Gasteiger partial charge in [-0.2, -0.15) is 10.2 Å². The zero-order valence-corrected chi connectivity index (χ0v) is 12.8. The van der Waals surface area contributed by atoms with Gasteiger partial charge in [-0.25, -0.2) is 4.98 Å². The Morgan fingerprint density at radius 1 is 0.917 bits per heavy atom. The van der Waals surface area contributed by atoms with Gasteiger partial charge in [0.15, 0.2) is 0 Å². The van der Waals surface area contributed by atoms with E-state index >= 15 is 0 Å². The molecule has 3 aromatic rings. The summed E-state index contributed by atoms with van der Waals surface area (Å²) in [5.41, 5.74) is 15.3. The molecule has 0 bridgehead atoms. The third kappa shape index (κ3) is 2.64. The summed E-state index contributed by atoms with van der Waals surface area (Å²) < 4.78 is 0. The largest absolute Gasteiger partial charge is 0.392 e. The molecule has 0 aliphatic heterocycles. The highest BCUT2D eigenvalue weighted by atomic mass is 16.3. The molecule has 1 heterocycles. The summed E-state index contributed by atoms with van der Waals surface area (Å²) in [7, 11) is 0. The Morgan fingerprint density at radius 2 is 1.54 bits per heavy atom. The van der Waals surface area contributed by atoms with Gasteiger partial charge >= 0.3 is 0 Å². The molecule has 0 aliphatic carbocycles. The van der Waals surface area contributed by atoms with E-state index in [9.17, 15) is 10.4 Å². The number of anilines is 2. The molecule has 0 saturated carbocycles.